The largest absolute Gasteiger partial charge is 0.362 e. The minimum Gasteiger partial charge on any atom is -0.362 e. The van der Waals surface area contributed by atoms with Crippen molar-refractivity contribution in [1.82, 2.24) is 4.98 Å². The highest BCUT2D eigenvalue weighted by atomic mass is 79.9. The van der Waals surface area contributed by atoms with Crippen molar-refractivity contribution in [3.8, 4) is 0 Å². The Labute approximate surface area is 104 Å². The minimum absolute atomic E-state index is 0.0386. The van der Waals surface area contributed by atoms with Crippen LogP contribution in [-0.4, -0.2) is 19.1 Å². The molecule has 0 amide bonds. The van der Waals surface area contributed by atoms with E-state index in [-0.39, 0.29) is 16.6 Å². The summed E-state index contributed by atoms with van der Waals surface area (Å²) in [5.74, 6) is -3.68. The molecule has 6 heteroatoms. The first-order valence-corrected chi connectivity index (χ1v) is 5.51. The summed E-state index contributed by atoms with van der Waals surface area (Å²) < 4.78 is 40.5. The fourth-order valence-electron chi connectivity index (χ4n) is 1.59. The van der Waals surface area contributed by atoms with E-state index in [9.17, 15) is 13.2 Å². The molecule has 1 heterocycles. The van der Waals surface area contributed by atoms with Crippen molar-refractivity contribution >= 4 is 32.5 Å². The van der Waals surface area contributed by atoms with Gasteiger partial charge in [0, 0.05) is 30.2 Å². The van der Waals surface area contributed by atoms with Crippen molar-refractivity contribution in [1.29, 1.82) is 0 Å². The van der Waals surface area contributed by atoms with E-state index in [4.69, 9.17) is 0 Å². The van der Waals surface area contributed by atoms with Crippen LogP contribution in [0.3, 0.4) is 0 Å². The first kappa shape index (κ1) is 12.2. The van der Waals surface area contributed by atoms with E-state index in [1.165, 1.54) is 11.1 Å². The van der Waals surface area contributed by atoms with Crippen LogP contribution in [0.2, 0.25) is 0 Å². The number of benzene rings is 1. The predicted octanol–water partition coefficient (Wildman–Crippen LogP) is 3.48. The van der Waals surface area contributed by atoms with Gasteiger partial charge in [-0.3, -0.25) is 0 Å². The summed E-state index contributed by atoms with van der Waals surface area (Å²) in [7, 11) is 3.30. The Morgan fingerprint density at radius 1 is 1.18 bits per heavy atom. The van der Waals surface area contributed by atoms with Gasteiger partial charge in [-0.05, 0) is 22.0 Å². The zero-order chi connectivity index (χ0) is 12.7. The molecule has 90 valence electrons. The van der Waals surface area contributed by atoms with Gasteiger partial charge in [-0.25, -0.2) is 18.2 Å². The maximum absolute atomic E-state index is 13.8. The quantitative estimate of drug-likeness (QED) is 0.750. The van der Waals surface area contributed by atoms with Gasteiger partial charge in [-0.15, -0.1) is 0 Å². The molecule has 17 heavy (non-hydrogen) atoms. The maximum atomic E-state index is 13.8. The Hall–Kier alpha value is -1.30. The zero-order valence-electron chi connectivity index (χ0n) is 9.06. The van der Waals surface area contributed by atoms with Crippen molar-refractivity contribution < 1.29 is 13.2 Å². The molecule has 0 aliphatic rings. The van der Waals surface area contributed by atoms with Gasteiger partial charge in [0.1, 0.15) is 5.82 Å². The molecule has 0 N–H and O–H groups in total. The molecule has 0 unspecified atom stereocenters. The predicted molar refractivity (Wildman–Crippen MR) is 63.6 cm³/mol. The Kier molecular flexibility index (Phi) is 2.99. The summed E-state index contributed by atoms with van der Waals surface area (Å²) >= 11 is 3.14. The van der Waals surface area contributed by atoms with Gasteiger partial charge in [0.15, 0.2) is 17.5 Å². The fourth-order valence-corrected chi connectivity index (χ4v) is 2.01. The topological polar surface area (TPSA) is 16.1 Å². The minimum atomic E-state index is -1.49. The van der Waals surface area contributed by atoms with E-state index in [0.717, 1.165) is 6.07 Å². The maximum Gasteiger partial charge on any atom is 0.195 e. The van der Waals surface area contributed by atoms with Crippen molar-refractivity contribution in [2.24, 2.45) is 0 Å². The highest BCUT2D eigenvalue weighted by Crippen LogP contribution is 2.33. The van der Waals surface area contributed by atoms with Crippen LogP contribution in [0.25, 0.3) is 10.8 Å². The molecule has 1 aromatic carbocycles. The SMILES string of the molecule is CN(C)c1ncc(Br)c2cc(F)c(F)c(F)c12. The second-order valence-corrected chi connectivity index (χ2v) is 4.59. The monoisotopic (exact) mass is 304 g/mol. The van der Waals surface area contributed by atoms with E-state index in [1.54, 1.807) is 14.1 Å². The molecule has 0 saturated heterocycles. The van der Waals surface area contributed by atoms with Gasteiger partial charge in [0.05, 0.1) is 5.39 Å². The van der Waals surface area contributed by atoms with E-state index in [2.05, 4.69) is 20.9 Å². The van der Waals surface area contributed by atoms with Gasteiger partial charge >= 0.3 is 0 Å². The lowest BCUT2D eigenvalue weighted by Crippen LogP contribution is -2.12. The number of halogens is 4. The lowest BCUT2D eigenvalue weighted by Gasteiger charge is -2.15. The molecule has 0 atom stereocenters. The molecule has 0 spiro atoms. The van der Waals surface area contributed by atoms with Gasteiger partial charge in [-0.2, -0.15) is 0 Å². The number of hydrogen-bond donors (Lipinski definition) is 0. The lowest BCUT2D eigenvalue weighted by molar-refractivity contribution is 0.453. The van der Waals surface area contributed by atoms with Gasteiger partial charge in [0.2, 0.25) is 0 Å². The van der Waals surface area contributed by atoms with Crippen molar-refractivity contribution in [2.75, 3.05) is 19.0 Å². The van der Waals surface area contributed by atoms with E-state index < -0.39 is 17.5 Å². The third-order valence-corrected chi connectivity index (χ3v) is 3.00. The lowest BCUT2D eigenvalue weighted by atomic mass is 10.1. The van der Waals surface area contributed by atoms with E-state index in [0.29, 0.717) is 4.47 Å². The van der Waals surface area contributed by atoms with Crippen LogP contribution in [0, 0.1) is 17.5 Å². The van der Waals surface area contributed by atoms with E-state index in [1.807, 2.05) is 0 Å². The molecule has 0 aliphatic heterocycles. The zero-order valence-corrected chi connectivity index (χ0v) is 10.6. The number of pyridine rings is 1. The number of aromatic nitrogens is 1. The third-order valence-electron chi connectivity index (χ3n) is 2.37. The Bertz CT molecular complexity index is 599. The van der Waals surface area contributed by atoms with Gasteiger partial charge in [-0.1, -0.05) is 0 Å². The van der Waals surface area contributed by atoms with Gasteiger partial charge < -0.3 is 4.90 Å². The van der Waals surface area contributed by atoms with Crippen LogP contribution in [0.15, 0.2) is 16.7 Å². The average molecular weight is 305 g/mol. The number of anilines is 1. The molecule has 2 aromatic rings. The molecule has 0 saturated carbocycles. The normalized spacial score (nSPS) is 10.9. The standard InChI is InChI=1S/C11H8BrF3N2/c1-17(2)11-8-5(6(12)4-16-11)3-7(13)9(14)10(8)15/h3-4H,1-2H3. The molecule has 2 nitrogen and oxygen atoms in total. The first-order valence-electron chi connectivity index (χ1n) is 4.72. The molecular formula is C11H8BrF3N2. The molecule has 0 bridgehead atoms. The number of nitrogens with zero attached hydrogens (tertiary/aromatic N) is 2. The van der Waals surface area contributed by atoms with Crippen LogP contribution in [0.5, 0.6) is 0 Å². The highest BCUT2D eigenvalue weighted by Gasteiger charge is 2.19. The molecule has 0 aliphatic carbocycles. The average Bonchev–Trinajstić information content (AvgIpc) is 2.27. The van der Waals surface area contributed by atoms with Crippen molar-refractivity contribution in [3.05, 3.63) is 34.2 Å². The molecule has 2 rings (SSSR count). The molecule has 0 fully saturated rings. The number of fused-ring (bicyclic) bond motifs is 1. The highest BCUT2D eigenvalue weighted by molar-refractivity contribution is 9.10. The van der Waals surface area contributed by atoms with Crippen molar-refractivity contribution in [3.63, 3.8) is 0 Å². The van der Waals surface area contributed by atoms with Crippen LogP contribution in [-0.2, 0) is 0 Å². The van der Waals surface area contributed by atoms with Gasteiger partial charge in [0.25, 0.3) is 0 Å². The third kappa shape index (κ3) is 1.86. The Morgan fingerprint density at radius 2 is 1.82 bits per heavy atom. The summed E-state index contributed by atoms with van der Waals surface area (Å²) in [6, 6.07) is 0.951. The molecular weight excluding hydrogens is 297 g/mol. The summed E-state index contributed by atoms with van der Waals surface area (Å²) in [5, 5.41) is 0.211. The summed E-state index contributed by atoms with van der Waals surface area (Å²) in [6.45, 7) is 0. The Morgan fingerprint density at radius 3 is 2.41 bits per heavy atom. The smallest absolute Gasteiger partial charge is 0.195 e. The van der Waals surface area contributed by atoms with Crippen LogP contribution in [0.1, 0.15) is 0 Å². The van der Waals surface area contributed by atoms with Crippen LogP contribution in [0.4, 0.5) is 19.0 Å². The van der Waals surface area contributed by atoms with E-state index >= 15 is 0 Å². The summed E-state index contributed by atoms with van der Waals surface area (Å²) in [4.78, 5) is 5.52. The number of hydrogen-bond acceptors (Lipinski definition) is 2. The van der Waals surface area contributed by atoms with Crippen molar-refractivity contribution in [2.45, 2.75) is 0 Å². The Balaban J connectivity index is 2.99. The van der Waals surface area contributed by atoms with Crippen LogP contribution >= 0.6 is 15.9 Å². The molecule has 1 aromatic heterocycles. The van der Waals surface area contributed by atoms with Crippen LogP contribution < -0.4 is 4.90 Å². The molecule has 0 radical (unpaired) electrons. The first-order chi connectivity index (χ1) is 7.93. The summed E-state index contributed by atoms with van der Waals surface area (Å²) in [6.07, 6.45) is 1.43. The summed E-state index contributed by atoms with van der Waals surface area (Å²) in [5.41, 5.74) is 0. The second-order valence-electron chi connectivity index (χ2n) is 3.73. The fraction of sp³-hybridized carbons (Fsp3) is 0.182. The second kappa shape index (κ2) is 4.18. The number of rotatable bonds is 1.